The molecule has 11 aromatic rings. The van der Waals surface area contributed by atoms with Crippen LogP contribution in [0.2, 0.25) is 0 Å². The van der Waals surface area contributed by atoms with E-state index in [1.165, 1.54) is 128 Å². The monoisotopic (exact) mass is 1060 g/mol. The van der Waals surface area contributed by atoms with Gasteiger partial charge in [0.15, 0.2) is 0 Å². The van der Waals surface area contributed by atoms with Crippen LogP contribution in [0, 0.1) is 0 Å². The molecule has 5 heterocycles. The van der Waals surface area contributed by atoms with Crippen LogP contribution >= 0.6 is 11.3 Å². The second-order valence-corrected chi connectivity index (χ2v) is 28.1. The molecule has 6 heteroatoms. The molecule has 3 aliphatic heterocycles. The second kappa shape index (κ2) is 16.5. The maximum absolute atomic E-state index is 7.00. The lowest BCUT2D eigenvalue weighted by atomic mass is 9.33. The topological polar surface area (TPSA) is 22.9 Å². The van der Waals surface area contributed by atoms with Crippen LogP contribution in [0.15, 0.2) is 180 Å². The fraction of sp³-hybridized carbons (Fsp3) is 0.270. The zero-order chi connectivity index (χ0) is 54.4. The predicted molar refractivity (Wildman–Crippen MR) is 343 cm³/mol. The van der Waals surface area contributed by atoms with Gasteiger partial charge in [-0.15, -0.1) is 11.3 Å². The van der Waals surface area contributed by atoms with E-state index in [2.05, 4.69) is 253 Å². The highest BCUT2D eigenvalue weighted by Crippen LogP contribution is 2.62. The molecule has 0 spiro atoms. The number of furan rings is 1. The van der Waals surface area contributed by atoms with Crippen molar-refractivity contribution >= 4 is 122 Å². The van der Waals surface area contributed by atoms with Crippen LogP contribution in [-0.2, 0) is 21.7 Å². The summed E-state index contributed by atoms with van der Waals surface area (Å²) in [6.07, 6.45) is 6.99. The van der Waals surface area contributed by atoms with Gasteiger partial charge in [-0.25, -0.2) is 0 Å². The van der Waals surface area contributed by atoms with Gasteiger partial charge in [-0.3, -0.25) is 0 Å². The molecule has 9 aromatic carbocycles. The van der Waals surface area contributed by atoms with Gasteiger partial charge >= 0.3 is 0 Å². The number of hydrogen-bond donors (Lipinski definition) is 0. The summed E-state index contributed by atoms with van der Waals surface area (Å²) < 4.78 is 9.62. The molecule has 1 fully saturated rings. The minimum atomic E-state index is -0.173. The number of anilines is 8. The Labute approximate surface area is 475 Å². The number of thiophene rings is 1. The van der Waals surface area contributed by atoms with Crippen LogP contribution in [0.25, 0.3) is 53.2 Å². The number of hydrogen-bond acceptors (Lipinski definition) is 5. The summed E-state index contributed by atoms with van der Waals surface area (Å²) in [7, 11) is 0. The Bertz CT molecular complexity index is 4440. The number of para-hydroxylation sites is 2. The van der Waals surface area contributed by atoms with Crippen LogP contribution in [0.5, 0.6) is 0 Å². The van der Waals surface area contributed by atoms with Gasteiger partial charge < -0.3 is 19.1 Å². The summed E-state index contributed by atoms with van der Waals surface area (Å²) in [6, 6.07) is 68.3. The Morgan fingerprint density at radius 1 is 0.475 bits per heavy atom. The van der Waals surface area contributed by atoms with Crippen molar-refractivity contribution < 1.29 is 4.42 Å². The van der Waals surface area contributed by atoms with Crippen molar-refractivity contribution in [1.82, 2.24) is 0 Å². The van der Waals surface area contributed by atoms with E-state index in [1.54, 1.807) is 0 Å². The van der Waals surface area contributed by atoms with Gasteiger partial charge in [-0.1, -0.05) is 171 Å². The first-order chi connectivity index (χ1) is 38.5. The van der Waals surface area contributed by atoms with Gasteiger partial charge in [-0.05, 0) is 166 Å². The number of fused-ring (bicyclic) bond motifs is 14. The smallest absolute Gasteiger partial charge is 0.252 e. The number of benzene rings is 9. The summed E-state index contributed by atoms with van der Waals surface area (Å²) >= 11 is 1.91. The third kappa shape index (κ3) is 6.57. The van der Waals surface area contributed by atoms with Crippen LogP contribution in [0.1, 0.15) is 123 Å². The van der Waals surface area contributed by atoms with Crippen molar-refractivity contribution in [2.75, 3.05) is 14.7 Å². The van der Waals surface area contributed by atoms with Crippen LogP contribution in [0.4, 0.5) is 45.5 Å². The Morgan fingerprint density at radius 3 is 1.90 bits per heavy atom. The molecule has 0 saturated heterocycles. The van der Waals surface area contributed by atoms with E-state index in [1.807, 2.05) is 11.3 Å². The molecule has 2 aromatic heterocycles. The van der Waals surface area contributed by atoms with Gasteiger partial charge in [0.05, 0.1) is 16.9 Å². The van der Waals surface area contributed by atoms with Crippen molar-refractivity contribution in [3.8, 4) is 11.1 Å². The molecule has 0 bridgehead atoms. The van der Waals surface area contributed by atoms with E-state index in [0.717, 1.165) is 47.6 Å². The second-order valence-electron chi connectivity index (χ2n) is 27.0. The lowest BCUT2D eigenvalue weighted by Crippen LogP contribution is -2.62. The van der Waals surface area contributed by atoms with Crippen molar-refractivity contribution in [2.45, 2.75) is 128 Å². The molecule has 0 radical (unpaired) electrons. The zero-order valence-electron chi connectivity index (χ0n) is 47.7. The van der Waals surface area contributed by atoms with Gasteiger partial charge in [0.25, 0.3) is 6.71 Å². The number of rotatable bonds is 4. The fourth-order valence-corrected chi connectivity index (χ4v) is 17.1. The van der Waals surface area contributed by atoms with Crippen LogP contribution in [0.3, 0.4) is 0 Å². The Balaban J connectivity index is 1.10. The third-order valence-electron chi connectivity index (χ3n) is 20.6. The quantitative estimate of drug-likeness (QED) is 0.164. The lowest BCUT2D eigenvalue weighted by molar-refractivity contribution is 0.195. The van der Waals surface area contributed by atoms with Crippen molar-refractivity contribution in [3.63, 3.8) is 0 Å². The van der Waals surface area contributed by atoms with Crippen LogP contribution < -0.4 is 31.1 Å². The van der Waals surface area contributed by atoms with Gasteiger partial charge in [-0.2, -0.15) is 0 Å². The maximum Gasteiger partial charge on any atom is 0.252 e. The SMILES string of the molecule is CC(C)(C)c1ccc(N2c3cc4c(cc3B3c5cc6c(cc5N(c5cccc7sc8ccccc8c57)c5cc(N7c8ccccc8C8(C)CCCCC78C)cc2c53)C(C)(C)CCC6(C)C)oc2ccccc24)c(-c2ccccc2)c1. The van der Waals surface area contributed by atoms with E-state index in [0.29, 0.717) is 0 Å². The van der Waals surface area contributed by atoms with E-state index >= 15 is 0 Å². The molecule has 2 unspecified atom stereocenters. The van der Waals surface area contributed by atoms with Gasteiger partial charge in [0.1, 0.15) is 11.2 Å². The summed E-state index contributed by atoms with van der Waals surface area (Å²) in [4.78, 5) is 8.27. The Hall–Kier alpha value is -7.54. The molecule has 2 aliphatic carbocycles. The van der Waals surface area contributed by atoms with Crippen molar-refractivity contribution in [3.05, 3.63) is 198 Å². The molecule has 2 atom stereocenters. The summed E-state index contributed by atoms with van der Waals surface area (Å²) in [5.41, 5.74) is 23.5. The summed E-state index contributed by atoms with van der Waals surface area (Å²) in [5.74, 6) is 0. The Kier molecular flexibility index (Phi) is 10.0. The highest BCUT2D eigenvalue weighted by molar-refractivity contribution is 7.26. The molecular formula is C74H68BN3OS. The van der Waals surface area contributed by atoms with Gasteiger partial charge in [0, 0.05) is 76.0 Å². The fourth-order valence-electron chi connectivity index (χ4n) is 16.0. The average molecular weight is 1060 g/mol. The van der Waals surface area contributed by atoms with E-state index in [-0.39, 0.29) is 33.9 Å². The molecule has 5 aliphatic rings. The lowest BCUT2D eigenvalue weighted by Gasteiger charge is -2.51. The first-order valence-electron chi connectivity index (χ1n) is 29.4. The molecule has 394 valence electrons. The zero-order valence-corrected chi connectivity index (χ0v) is 48.5. The van der Waals surface area contributed by atoms with E-state index < -0.39 is 0 Å². The molecule has 80 heavy (non-hydrogen) atoms. The predicted octanol–water partition coefficient (Wildman–Crippen LogP) is 19.1. The first-order valence-corrected chi connectivity index (χ1v) is 30.3. The third-order valence-corrected chi connectivity index (χ3v) is 21.7. The van der Waals surface area contributed by atoms with E-state index in [4.69, 9.17) is 4.42 Å². The molecule has 4 nitrogen and oxygen atoms in total. The molecule has 16 rings (SSSR count). The minimum Gasteiger partial charge on any atom is -0.456 e. The van der Waals surface area contributed by atoms with Crippen molar-refractivity contribution in [2.24, 2.45) is 0 Å². The van der Waals surface area contributed by atoms with E-state index in [9.17, 15) is 0 Å². The highest BCUT2D eigenvalue weighted by Gasteiger charge is 2.58. The average Bonchev–Trinajstić information content (AvgIpc) is 2.36. The van der Waals surface area contributed by atoms with Crippen LogP contribution in [-0.4, -0.2) is 12.3 Å². The standard InChI is InChI=1S/C74H68BN3OS/c1-70(2,3)46-32-33-57(50(38-46)45-22-11-10-12-23-45)76-60-41-51-48-24-13-17-29-64(48)79-65(51)44-56(60)75-55-42-53-54(72(6,7)37-36-71(53,4)5)43-61(55)77(59-28-21-31-67-68(59)49-25-14-18-30-66(49)80-67)63-40-47(39-62(76)69(63)75)78-58-27-16-15-26-52(58)73(8)34-19-20-35-74(73,78)9/h10-18,21-33,38-44H,19-20,34-37H2,1-9H3. The maximum atomic E-state index is 7.00. The number of nitrogens with zero attached hydrogens (tertiary/aromatic N) is 3. The first kappa shape index (κ1) is 48.4. The molecule has 0 N–H and O–H groups in total. The highest BCUT2D eigenvalue weighted by atomic mass is 32.1. The summed E-state index contributed by atoms with van der Waals surface area (Å²) in [6.45, 7) is 22.0. The summed E-state index contributed by atoms with van der Waals surface area (Å²) in [5, 5.41) is 4.89. The van der Waals surface area contributed by atoms with Gasteiger partial charge in [0.2, 0.25) is 0 Å². The largest absolute Gasteiger partial charge is 0.456 e. The molecular weight excluding hydrogens is 990 g/mol. The molecule has 1 saturated carbocycles. The normalized spacial score (nSPS) is 20.5. The van der Waals surface area contributed by atoms with Crippen molar-refractivity contribution in [1.29, 1.82) is 0 Å². The Morgan fingerprint density at radius 2 is 1.11 bits per heavy atom. The minimum absolute atomic E-state index is 0.0158. The molecule has 0 amide bonds.